The van der Waals surface area contributed by atoms with Crippen molar-refractivity contribution < 1.29 is 0 Å². The Kier molecular flexibility index (Phi) is 3.91. The zero-order valence-electron chi connectivity index (χ0n) is 10.1. The fourth-order valence-corrected chi connectivity index (χ4v) is 3.70. The Hall–Kier alpha value is -1.65. The van der Waals surface area contributed by atoms with Crippen LogP contribution in [0.3, 0.4) is 0 Å². The molecule has 0 amide bonds. The second-order valence-electron chi connectivity index (χ2n) is 4.02. The van der Waals surface area contributed by atoms with E-state index in [-0.39, 0.29) is 5.25 Å². The standard InChI is InChI=1S/C15H12N2S2/c1-3-7-12(8-4-1)14(13-9-5-2-6-10-13)19-15-17-16-11-18-15/h1-11,14H. The van der Waals surface area contributed by atoms with Crippen molar-refractivity contribution in [3.8, 4) is 0 Å². The summed E-state index contributed by atoms with van der Waals surface area (Å²) in [4.78, 5) is 0. The number of hydrogen-bond acceptors (Lipinski definition) is 4. The van der Waals surface area contributed by atoms with E-state index in [9.17, 15) is 0 Å². The van der Waals surface area contributed by atoms with Crippen molar-refractivity contribution in [2.75, 3.05) is 0 Å². The van der Waals surface area contributed by atoms with Gasteiger partial charge in [0.05, 0.1) is 5.25 Å². The largest absolute Gasteiger partial charge is 0.174 e. The Morgan fingerprint density at radius 2 is 1.42 bits per heavy atom. The normalized spacial score (nSPS) is 10.8. The van der Waals surface area contributed by atoms with Crippen LogP contribution in [0.5, 0.6) is 0 Å². The summed E-state index contributed by atoms with van der Waals surface area (Å²) in [5.74, 6) is 0. The highest BCUT2D eigenvalue weighted by Gasteiger charge is 2.16. The highest BCUT2D eigenvalue weighted by molar-refractivity contribution is 8.01. The van der Waals surface area contributed by atoms with Crippen molar-refractivity contribution in [1.82, 2.24) is 10.2 Å². The van der Waals surface area contributed by atoms with E-state index in [0.29, 0.717) is 0 Å². The van der Waals surface area contributed by atoms with Crippen molar-refractivity contribution in [3.05, 3.63) is 77.3 Å². The number of benzene rings is 2. The first-order chi connectivity index (χ1) is 9.43. The molecule has 0 radical (unpaired) electrons. The van der Waals surface area contributed by atoms with E-state index in [4.69, 9.17) is 0 Å². The van der Waals surface area contributed by atoms with Crippen LogP contribution in [0.2, 0.25) is 0 Å². The smallest absolute Gasteiger partial charge is 0.146 e. The van der Waals surface area contributed by atoms with E-state index in [0.717, 1.165) is 4.34 Å². The average Bonchev–Trinajstić information content (AvgIpc) is 3.00. The third-order valence-corrected chi connectivity index (χ3v) is 4.89. The third-order valence-electron chi connectivity index (χ3n) is 2.76. The predicted octanol–water partition coefficient (Wildman–Crippen LogP) is 4.42. The average molecular weight is 284 g/mol. The summed E-state index contributed by atoms with van der Waals surface area (Å²) >= 11 is 3.33. The van der Waals surface area contributed by atoms with Crippen molar-refractivity contribution in [2.45, 2.75) is 9.59 Å². The van der Waals surface area contributed by atoms with E-state index >= 15 is 0 Å². The molecule has 0 atom stereocenters. The first-order valence-corrected chi connectivity index (χ1v) is 7.72. The molecule has 1 heterocycles. The SMILES string of the molecule is c1ccc(C(Sc2nncs2)c2ccccc2)cc1. The van der Waals surface area contributed by atoms with E-state index in [1.54, 1.807) is 28.6 Å². The van der Waals surface area contributed by atoms with Crippen LogP contribution < -0.4 is 0 Å². The van der Waals surface area contributed by atoms with Gasteiger partial charge in [-0.15, -0.1) is 10.2 Å². The zero-order valence-corrected chi connectivity index (χ0v) is 11.8. The highest BCUT2D eigenvalue weighted by Crippen LogP contribution is 2.40. The molecule has 4 heteroatoms. The molecular formula is C15H12N2S2. The molecule has 0 spiro atoms. The van der Waals surface area contributed by atoms with Crippen LogP contribution in [-0.2, 0) is 0 Å². The monoisotopic (exact) mass is 284 g/mol. The van der Waals surface area contributed by atoms with Gasteiger partial charge >= 0.3 is 0 Å². The van der Waals surface area contributed by atoms with Gasteiger partial charge in [-0.2, -0.15) is 0 Å². The van der Waals surface area contributed by atoms with Crippen LogP contribution in [0.25, 0.3) is 0 Å². The fraction of sp³-hybridized carbons (Fsp3) is 0.0667. The van der Waals surface area contributed by atoms with Gasteiger partial charge in [0.15, 0.2) is 4.34 Å². The summed E-state index contributed by atoms with van der Waals surface area (Å²) in [7, 11) is 0. The molecule has 2 aromatic carbocycles. The van der Waals surface area contributed by atoms with Gasteiger partial charge < -0.3 is 0 Å². The molecule has 0 aliphatic carbocycles. The number of rotatable bonds is 4. The number of thioether (sulfide) groups is 1. The summed E-state index contributed by atoms with van der Waals surface area (Å²) in [6.07, 6.45) is 0. The maximum absolute atomic E-state index is 4.14. The molecule has 1 aromatic heterocycles. The zero-order chi connectivity index (χ0) is 12.9. The molecule has 0 aliphatic heterocycles. The Morgan fingerprint density at radius 1 is 0.842 bits per heavy atom. The lowest BCUT2D eigenvalue weighted by Crippen LogP contribution is -1.96. The second-order valence-corrected chi connectivity index (χ2v) is 6.21. The van der Waals surface area contributed by atoms with Gasteiger partial charge in [0.1, 0.15) is 5.51 Å². The summed E-state index contributed by atoms with van der Waals surface area (Å²) in [5, 5.41) is 8.31. The van der Waals surface area contributed by atoms with Crippen molar-refractivity contribution in [1.29, 1.82) is 0 Å². The minimum absolute atomic E-state index is 0.260. The number of aromatic nitrogens is 2. The maximum atomic E-state index is 4.14. The van der Waals surface area contributed by atoms with E-state index in [1.165, 1.54) is 11.1 Å². The molecular weight excluding hydrogens is 272 g/mol. The van der Waals surface area contributed by atoms with Crippen LogP contribution in [0, 0.1) is 0 Å². The summed E-state index contributed by atoms with van der Waals surface area (Å²) in [6.45, 7) is 0. The Labute approximate surface area is 120 Å². The molecule has 0 aliphatic rings. The van der Waals surface area contributed by atoms with Crippen LogP contribution in [0.15, 0.2) is 70.5 Å². The van der Waals surface area contributed by atoms with Gasteiger partial charge in [-0.25, -0.2) is 0 Å². The number of hydrogen-bond donors (Lipinski definition) is 0. The highest BCUT2D eigenvalue weighted by atomic mass is 32.2. The Bertz CT molecular complexity index is 570. The van der Waals surface area contributed by atoms with Crippen LogP contribution in [-0.4, -0.2) is 10.2 Å². The predicted molar refractivity (Wildman–Crippen MR) is 80.5 cm³/mol. The molecule has 0 N–H and O–H groups in total. The first kappa shape index (κ1) is 12.4. The van der Waals surface area contributed by atoms with Gasteiger partial charge in [-0.05, 0) is 11.1 Å². The summed E-state index contributed by atoms with van der Waals surface area (Å²) < 4.78 is 0.998. The maximum Gasteiger partial charge on any atom is 0.174 e. The summed E-state index contributed by atoms with van der Waals surface area (Å²) in [5.41, 5.74) is 4.35. The van der Waals surface area contributed by atoms with E-state index in [1.807, 2.05) is 12.1 Å². The van der Waals surface area contributed by atoms with Gasteiger partial charge in [0.25, 0.3) is 0 Å². The van der Waals surface area contributed by atoms with Gasteiger partial charge in [0.2, 0.25) is 0 Å². The van der Waals surface area contributed by atoms with Crippen LogP contribution >= 0.6 is 23.1 Å². The lowest BCUT2D eigenvalue weighted by Gasteiger charge is -2.15. The molecule has 3 aromatic rings. The Balaban J connectivity index is 1.96. The summed E-state index contributed by atoms with van der Waals surface area (Å²) in [6, 6.07) is 21.0. The van der Waals surface area contributed by atoms with E-state index in [2.05, 4.69) is 58.7 Å². The topological polar surface area (TPSA) is 25.8 Å². The molecule has 94 valence electrons. The minimum Gasteiger partial charge on any atom is -0.146 e. The molecule has 0 unspecified atom stereocenters. The molecule has 0 fully saturated rings. The lowest BCUT2D eigenvalue weighted by atomic mass is 10.0. The second kappa shape index (κ2) is 5.99. The fourth-order valence-electron chi connectivity index (χ4n) is 1.90. The number of nitrogens with zero attached hydrogens (tertiary/aromatic N) is 2. The van der Waals surface area contributed by atoms with Crippen molar-refractivity contribution in [3.63, 3.8) is 0 Å². The molecule has 19 heavy (non-hydrogen) atoms. The first-order valence-electron chi connectivity index (χ1n) is 5.96. The van der Waals surface area contributed by atoms with Gasteiger partial charge in [-0.3, -0.25) is 0 Å². The molecule has 0 saturated carbocycles. The quantitative estimate of drug-likeness (QED) is 0.663. The molecule has 0 saturated heterocycles. The van der Waals surface area contributed by atoms with Crippen LogP contribution in [0.4, 0.5) is 0 Å². The van der Waals surface area contributed by atoms with E-state index < -0.39 is 0 Å². The van der Waals surface area contributed by atoms with Gasteiger partial charge in [0, 0.05) is 0 Å². The van der Waals surface area contributed by atoms with Crippen LogP contribution in [0.1, 0.15) is 16.4 Å². The van der Waals surface area contributed by atoms with Crippen molar-refractivity contribution >= 4 is 23.1 Å². The minimum atomic E-state index is 0.260. The van der Waals surface area contributed by atoms with Crippen molar-refractivity contribution in [2.24, 2.45) is 0 Å². The third kappa shape index (κ3) is 3.03. The van der Waals surface area contributed by atoms with Gasteiger partial charge in [-0.1, -0.05) is 83.8 Å². The molecule has 2 nitrogen and oxygen atoms in total. The lowest BCUT2D eigenvalue weighted by molar-refractivity contribution is 1.00. The molecule has 0 bridgehead atoms. The molecule has 3 rings (SSSR count). The Morgan fingerprint density at radius 3 is 1.89 bits per heavy atom.